The van der Waals surface area contributed by atoms with E-state index in [0.717, 1.165) is 18.9 Å². The highest BCUT2D eigenvalue weighted by molar-refractivity contribution is 9.10. The molecule has 1 aliphatic carbocycles. The average molecular weight is 379 g/mol. The molecule has 0 radical (unpaired) electrons. The lowest BCUT2D eigenvalue weighted by molar-refractivity contribution is -0.121. The van der Waals surface area contributed by atoms with Crippen molar-refractivity contribution in [1.82, 2.24) is 10.0 Å². The molecule has 1 aliphatic rings. The molecule has 1 aromatic rings. The van der Waals surface area contributed by atoms with Gasteiger partial charge >= 0.3 is 0 Å². The van der Waals surface area contributed by atoms with Gasteiger partial charge in [-0.05, 0) is 53.4 Å². The molecule has 2 rings (SSSR count). The summed E-state index contributed by atoms with van der Waals surface area (Å²) in [6.07, 6.45) is 2.71. The van der Waals surface area contributed by atoms with Crippen molar-refractivity contribution >= 4 is 31.9 Å². The van der Waals surface area contributed by atoms with Gasteiger partial charge in [-0.15, -0.1) is 0 Å². The summed E-state index contributed by atoms with van der Waals surface area (Å²) in [5.41, 5.74) is 0. The number of carbonyl (C=O) groups excluding carboxylic acids is 1. The van der Waals surface area contributed by atoms with Crippen LogP contribution < -0.4 is 10.0 Å². The number of amides is 1. The summed E-state index contributed by atoms with van der Waals surface area (Å²) in [7, 11) is -3.75. The third kappa shape index (κ3) is 5.05. The zero-order valence-corrected chi connectivity index (χ0v) is 13.6. The number of halogens is 2. The largest absolute Gasteiger partial charge is 0.353 e. The lowest BCUT2D eigenvalue weighted by Crippen LogP contribution is -2.28. The molecular weight excluding hydrogens is 363 g/mol. The molecule has 0 atom stereocenters. The Labute approximate surface area is 131 Å². The molecule has 0 aliphatic heterocycles. The van der Waals surface area contributed by atoms with Crippen LogP contribution in [0.25, 0.3) is 0 Å². The maximum Gasteiger partial charge on any atom is 0.240 e. The predicted octanol–water partition coefficient (Wildman–Crippen LogP) is 1.93. The van der Waals surface area contributed by atoms with Crippen LogP contribution in [0.3, 0.4) is 0 Å². The van der Waals surface area contributed by atoms with E-state index in [1.54, 1.807) is 0 Å². The van der Waals surface area contributed by atoms with Gasteiger partial charge in [0.15, 0.2) is 0 Å². The van der Waals surface area contributed by atoms with Gasteiger partial charge in [0.2, 0.25) is 15.9 Å². The average Bonchev–Trinajstić information content (AvgIpc) is 3.22. The molecule has 0 bridgehead atoms. The summed E-state index contributed by atoms with van der Waals surface area (Å²) in [6, 6.07) is 3.91. The van der Waals surface area contributed by atoms with Crippen molar-refractivity contribution in [2.75, 3.05) is 6.54 Å². The van der Waals surface area contributed by atoms with Crippen LogP contribution in [0, 0.1) is 5.82 Å². The second-order valence-electron chi connectivity index (χ2n) is 4.92. The Kier molecular flexibility index (Phi) is 5.34. The highest BCUT2D eigenvalue weighted by Gasteiger charge is 2.23. The van der Waals surface area contributed by atoms with Crippen molar-refractivity contribution in [2.24, 2.45) is 0 Å². The van der Waals surface area contributed by atoms with Gasteiger partial charge in [-0.2, -0.15) is 0 Å². The van der Waals surface area contributed by atoms with Crippen molar-refractivity contribution in [3.05, 3.63) is 28.5 Å². The Bertz CT molecular complexity index is 632. The van der Waals surface area contributed by atoms with E-state index >= 15 is 0 Å². The number of hydrogen-bond acceptors (Lipinski definition) is 3. The zero-order valence-electron chi connectivity index (χ0n) is 11.2. The van der Waals surface area contributed by atoms with Crippen molar-refractivity contribution < 1.29 is 17.6 Å². The zero-order chi connectivity index (χ0) is 15.5. The maximum absolute atomic E-state index is 13.3. The van der Waals surface area contributed by atoms with Crippen LogP contribution in [0.2, 0.25) is 0 Å². The van der Waals surface area contributed by atoms with Crippen molar-refractivity contribution in [1.29, 1.82) is 0 Å². The van der Waals surface area contributed by atoms with Crippen LogP contribution in [-0.4, -0.2) is 26.9 Å². The number of rotatable bonds is 7. The van der Waals surface area contributed by atoms with E-state index in [1.807, 2.05) is 0 Å². The fourth-order valence-electron chi connectivity index (χ4n) is 1.71. The lowest BCUT2D eigenvalue weighted by Gasteiger charge is -2.07. The van der Waals surface area contributed by atoms with E-state index in [1.165, 1.54) is 12.1 Å². The molecule has 0 saturated heterocycles. The van der Waals surface area contributed by atoms with Crippen LogP contribution in [0.15, 0.2) is 27.6 Å². The molecule has 1 saturated carbocycles. The quantitative estimate of drug-likeness (QED) is 0.711. The second kappa shape index (κ2) is 6.85. The molecule has 0 spiro atoms. The monoisotopic (exact) mass is 378 g/mol. The lowest BCUT2D eigenvalue weighted by atomic mass is 10.3. The SMILES string of the molecule is O=C(CCCNS(=O)(=O)c1ccc(Br)c(F)c1)NC1CC1. The molecule has 8 heteroatoms. The smallest absolute Gasteiger partial charge is 0.240 e. The molecule has 0 aromatic heterocycles. The highest BCUT2D eigenvalue weighted by Crippen LogP contribution is 2.20. The molecule has 0 heterocycles. The van der Waals surface area contributed by atoms with Gasteiger partial charge in [0.25, 0.3) is 0 Å². The van der Waals surface area contributed by atoms with Crippen LogP contribution in [0.5, 0.6) is 0 Å². The van der Waals surface area contributed by atoms with Gasteiger partial charge in [-0.25, -0.2) is 17.5 Å². The van der Waals surface area contributed by atoms with Gasteiger partial charge in [0, 0.05) is 19.0 Å². The van der Waals surface area contributed by atoms with Crippen LogP contribution in [0.4, 0.5) is 4.39 Å². The molecule has 5 nitrogen and oxygen atoms in total. The van der Waals surface area contributed by atoms with Crippen molar-refractivity contribution in [3.63, 3.8) is 0 Å². The Hall–Kier alpha value is -0.990. The number of carbonyl (C=O) groups is 1. The first kappa shape index (κ1) is 16.4. The molecule has 0 unspecified atom stereocenters. The number of sulfonamides is 1. The standard InChI is InChI=1S/C13H16BrFN2O3S/c14-11-6-5-10(8-12(11)15)21(19,20)16-7-1-2-13(18)17-9-3-4-9/h5-6,8-9,16H,1-4,7H2,(H,17,18). The van der Waals surface area contributed by atoms with Gasteiger partial charge in [0.1, 0.15) is 5.82 Å². The van der Waals surface area contributed by atoms with E-state index in [9.17, 15) is 17.6 Å². The molecule has 1 aromatic carbocycles. The molecule has 1 amide bonds. The molecule has 1 fully saturated rings. The molecule has 21 heavy (non-hydrogen) atoms. The van der Waals surface area contributed by atoms with E-state index < -0.39 is 15.8 Å². The Morgan fingerprint density at radius 3 is 2.71 bits per heavy atom. The Balaban J connectivity index is 1.80. The van der Waals surface area contributed by atoms with Crippen molar-refractivity contribution in [2.45, 2.75) is 36.6 Å². The number of hydrogen-bond donors (Lipinski definition) is 2. The summed E-state index contributed by atoms with van der Waals surface area (Å²) < 4.78 is 39.8. The van der Waals surface area contributed by atoms with Crippen LogP contribution in [0.1, 0.15) is 25.7 Å². The van der Waals surface area contributed by atoms with Crippen LogP contribution in [-0.2, 0) is 14.8 Å². The minimum absolute atomic E-state index is 0.0635. The second-order valence-corrected chi connectivity index (χ2v) is 7.54. The van der Waals surface area contributed by atoms with Crippen LogP contribution >= 0.6 is 15.9 Å². The minimum Gasteiger partial charge on any atom is -0.353 e. The first-order valence-electron chi connectivity index (χ1n) is 6.62. The molecule has 116 valence electrons. The summed E-state index contributed by atoms with van der Waals surface area (Å²) in [6.45, 7) is 0.137. The maximum atomic E-state index is 13.3. The summed E-state index contributed by atoms with van der Waals surface area (Å²) in [5, 5.41) is 2.83. The van der Waals surface area contributed by atoms with Gasteiger partial charge < -0.3 is 5.32 Å². The summed E-state index contributed by atoms with van der Waals surface area (Å²) in [4.78, 5) is 11.3. The third-order valence-electron chi connectivity index (χ3n) is 3.02. The predicted molar refractivity (Wildman–Crippen MR) is 79.7 cm³/mol. The summed E-state index contributed by atoms with van der Waals surface area (Å²) >= 11 is 2.97. The van der Waals surface area contributed by atoms with E-state index in [0.29, 0.717) is 12.5 Å². The first-order valence-corrected chi connectivity index (χ1v) is 8.90. The number of nitrogens with one attached hydrogen (secondary N) is 2. The molecule has 2 N–H and O–H groups in total. The fourth-order valence-corrected chi connectivity index (χ4v) is 3.04. The topological polar surface area (TPSA) is 75.3 Å². The highest BCUT2D eigenvalue weighted by atomic mass is 79.9. The minimum atomic E-state index is -3.75. The Morgan fingerprint density at radius 2 is 2.10 bits per heavy atom. The van der Waals surface area contributed by atoms with Crippen molar-refractivity contribution in [3.8, 4) is 0 Å². The third-order valence-corrected chi connectivity index (χ3v) is 5.12. The van der Waals surface area contributed by atoms with Gasteiger partial charge in [-0.1, -0.05) is 0 Å². The normalized spacial score (nSPS) is 15.0. The first-order chi connectivity index (χ1) is 9.88. The van der Waals surface area contributed by atoms with Gasteiger partial charge in [0.05, 0.1) is 9.37 Å². The summed E-state index contributed by atoms with van der Waals surface area (Å²) in [5.74, 6) is -0.701. The number of benzene rings is 1. The van der Waals surface area contributed by atoms with E-state index in [2.05, 4.69) is 26.0 Å². The van der Waals surface area contributed by atoms with E-state index in [4.69, 9.17) is 0 Å². The fraction of sp³-hybridized carbons (Fsp3) is 0.462. The molecular formula is C13H16BrFN2O3S. The Morgan fingerprint density at radius 1 is 1.38 bits per heavy atom. The van der Waals surface area contributed by atoms with Gasteiger partial charge in [-0.3, -0.25) is 4.79 Å². The van der Waals surface area contributed by atoms with E-state index in [-0.39, 0.29) is 28.2 Å².